The molecule has 1 rings (SSSR count). The monoisotopic (exact) mass is 452 g/mol. The molecule has 0 aliphatic heterocycles. The number of carbonyl (C=O) groups is 1. The first-order valence-electron chi connectivity index (χ1n) is 7.42. The Bertz CT molecular complexity index is 553. The maximum Gasteiger partial charge on any atom is 0.254 e. The fraction of sp³-hybridized carbons (Fsp3) is 0.500. The van der Waals surface area contributed by atoms with Crippen molar-refractivity contribution in [1.29, 1.82) is 0 Å². The van der Waals surface area contributed by atoms with E-state index in [-0.39, 0.29) is 35.1 Å². The number of amides is 1. The molecule has 1 amide bonds. The molecule has 0 aliphatic carbocycles. The number of guanidine groups is 1. The number of nitrogens with zero attached hydrogens (tertiary/aromatic N) is 1. The van der Waals surface area contributed by atoms with Gasteiger partial charge in [0.2, 0.25) is 0 Å². The molecule has 0 aromatic heterocycles. The lowest BCUT2D eigenvalue weighted by molar-refractivity contribution is 0.0268. The van der Waals surface area contributed by atoms with Gasteiger partial charge in [0.25, 0.3) is 5.91 Å². The molecule has 0 saturated carbocycles. The molecule has 8 heteroatoms. The van der Waals surface area contributed by atoms with E-state index in [1.807, 2.05) is 13.8 Å². The van der Waals surface area contributed by atoms with Gasteiger partial charge in [-0.05, 0) is 26.0 Å². The van der Waals surface area contributed by atoms with E-state index in [0.29, 0.717) is 25.6 Å². The number of carbonyl (C=O) groups excluding carboxylic acids is 1. The van der Waals surface area contributed by atoms with Crippen LogP contribution in [0.1, 0.15) is 24.2 Å². The van der Waals surface area contributed by atoms with Crippen molar-refractivity contribution in [2.24, 2.45) is 4.99 Å². The molecule has 0 fully saturated rings. The summed E-state index contributed by atoms with van der Waals surface area (Å²) in [6.45, 7) is 5.32. The lowest BCUT2D eigenvalue weighted by Gasteiger charge is -2.24. The fourth-order valence-electron chi connectivity index (χ4n) is 1.69. The van der Waals surface area contributed by atoms with Crippen LogP contribution in [0.3, 0.4) is 0 Å². The van der Waals surface area contributed by atoms with Gasteiger partial charge < -0.3 is 20.7 Å². The molecule has 3 N–H and O–H groups in total. The largest absolute Gasteiger partial charge is 0.377 e. The van der Waals surface area contributed by atoms with Crippen molar-refractivity contribution in [2.45, 2.75) is 19.4 Å². The first-order valence-corrected chi connectivity index (χ1v) is 7.42. The molecule has 6 nitrogen and oxygen atoms in total. The van der Waals surface area contributed by atoms with Crippen LogP contribution in [0.25, 0.3) is 0 Å². The van der Waals surface area contributed by atoms with Gasteiger partial charge in [-0.3, -0.25) is 9.79 Å². The second-order valence-corrected chi connectivity index (χ2v) is 5.55. The lowest BCUT2D eigenvalue weighted by Crippen LogP contribution is -2.46. The van der Waals surface area contributed by atoms with Gasteiger partial charge in [0.15, 0.2) is 5.96 Å². The lowest BCUT2D eigenvalue weighted by atomic mass is 10.1. The molecule has 1 aromatic carbocycles. The van der Waals surface area contributed by atoms with Crippen LogP contribution >= 0.6 is 24.0 Å². The molecule has 0 spiro atoms. The van der Waals surface area contributed by atoms with Gasteiger partial charge in [0.05, 0.1) is 11.2 Å². The molecule has 136 valence electrons. The average Bonchev–Trinajstić information content (AvgIpc) is 2.54. The minimum absolute atomic E-state index is 0. The Morgan fingerprint density at radius 2 is 1.83 bits per heavy atom. The number of ether oxygens (including phenoxy) is 1. The van der Waals surface area contributed by atoms with Crippen molar-refractivity contribution < 1.29 is 13.9 Å². The third-order valence-electron chi connectivity index (χ3n) is 3.28. The highest BCUT2D eigenvalue weighted by Gasteiger charge is 2.16. The van der Waals surface area contributed by atoms with E-state index in [1.165, 1.54) is 12.1 Å². The van der Waals surface area contributed by atoms with E-state index in [9.17, 15) is 9.18 Å². The second kappa shape index (κ2) is 11.2. The summed E-state index contributed by atoms with van der Waals surface area (Å²) >= 11 is 0. The number of rotatable bonds is 7. The highest BCUT2D eigenvalue weighted by atomic mass is 127. The van der Waals surface area contributed by atoms with Crippen molar-refractivity contribution in [3.63, 3.8) is 0 Å². The van der Waals surface area contributed by atoms with Crippen molar-refractivity contribution >= 4 is 35.8 Å². The smallest absolute Gasteiger partial charge is 0.254 e. The van der Waals surface area contributed by atoms with Gasteiger partial charge in [-0.25, -0.2) is 4.39 Å². The predicted molar refractivity (Wildman–Crippen MR) is 105 cm³/mol. The van der Waals surface area contributed by atoms with E-state index >= 15 is 0 Å². The first kappa shape index (κ1) is 22.6. The molecule has 24 heavy (non-hydrogen) atoms. The van der Waals surface area contributed by atoms with E-state index in [2.05, 4.69) is 20.9 Å². The van der Waals surface area contributed by atoms with Crippen LogP contribution in [0.15, 0.2) is 29.3 Å². The van der Waals surface area contributed by atoms with Gasteiger partial charge in [-0.1, -0.05) is 12.1 Å². The van der Waals surface area contributed by atoms with Crippen molar-refractivity contribution in [2.75, 3.05) is 33.8 Å². The summed E-state index contributed by atoms with van der Waals surface area (Å²) in [6, 6.07) is 5.88. The fourth-order valence-corrected chi connectivity index (χ4v) is 1.69. The van der Waals surface area contributed by atoms with Crippen molar-refractivity contribution in [3.05, 3.63) is 35.6 Å². The topological polar surface area (TPSA) is 74.8 Å². The third kappa shape index (κ3) is 7.91. The number of hydrogen-bond acceptors (Lipinski definition) is 3. The van der Waals surface area contributed by atoms with Crippen LogP contribution in [0.2, 0.25) is 0 Å². The zero-order valence-electron chi connectivity index (χ0n) is 14.5. The van der Waals surface area contributed by atoms with E-state index in [1.54, 1.807) is 26.3 Å². The van der Waals surface area contributed by atoms with E-state index < -0.39 is 11.7 Å². The molecular formula is C16H26FIN4O2. The van der Waals surface area contributed by atoms with Gasteiger partial charge in [0, 0.05) is 33.8 Å². The minimum Gasteiger partial charge on any atom is -0.377 e. The maximum absolute atomic E-state index is 13.5. The Morgan fingerprint density at radius 3 is 2.42 bits per heavy atom. The first-order chi connectivity index (χ1) is 10.9. The number of aliphatic imine (C=N–C) groups is 1. The van der Waals surface area contributed by atoms with Crippen LogP contribution in [-0.4, -0.2) is 51.3 Å². The molecule has 0 heterocycles. The van der Waals surface area contributed by atoms with E-state index in [4.69, 9.17) is 4.74 Å². The Labute approximate surface area is 159 Å². The third-order valence-corrected chi connectivity index (χ3v) is 3.28. The van der Waals surface area contributed by atoms with Gasteiger partial charge in [0.1, 0.15) is 5.82 Å². The Kier molecular flexibility index (Phi) is 10.5. The van der Waals surface area contributed by atoms with Crippen molar-refractivity contribution in [1.82, 2.24) is 16.0 Å². The average molecular weight is 452 g/mol. The molecule has 0 unspecified atom stereocenters. The van der Waals surface area contributed by atoms with Crippen LogP contribution in [0, 0.1) is 5.82 Å². The Balaban J connectivity index is 0.00000529. The van der Waals surface area contributed by atoms with Gasteiger partial charge in [-0.2, -0.15) is 0 Å². The number of benzene rings is 1. The Morgan fingerprint density at radius 1 is 1.21 bits per heavy atom. The number of methoxy groups -OCH3 is 1. The number of halogens is 2. The zero-order chi connectivity index (χ0) is 17.3. The SMILES string of the molecule is CN=C(NCCNC(=O)c1ccccc1F)NCC(C)(C)OC.I. The molecule has 0 radical (unpaired) electrons. The summed E-state index contributed by atoms with van der Waals surface area (Å²) in [5.41, 5.74) is -0.270. The predicted octanol–water partition coefficient (Wildman–Crippen LogP) is 1.76. The maximum atomic E-state index is 13.5. The normalized spacial score (nSPS) is 11.5. The number of hydrogen-bond donors (Lipinski definition) is 3. The summed E-state index contributed by atoms with van der Waals surface area (Å²) in [6.07, 6.45) is 0. The molecule has 0 saturated heterocycles. The molecule has 0 bridgehead atoms. The summed E-state index contributed by atoms with van der Waals surface area (Å²) in [7, 11) is 3.31. The van der Waals surface area contributed by atoms with Crippen LogP contribution in [0.4, 0.5) is 4.39 Å². The minimum atomic E-state index is -0.530. The standard InChI is InChI=1S/C16H25FN4O2.HI/c1-16(2,23-4)11-21-15(18-3)20-10-9-19-14(22)12-7-5-6-8-13(12)17;/h5-8H,9-11H2,1-4H3,(H,19,22)(H2,18,20,21);1H. The van der Waals surface area contributed by atoms with Crippen molar-refractivity contribution in [3.8, 4) is 0 Å². The van der Waals surface area contributed by atoms with Gasteiger partial charge >= 0.3 is 0 Å². The zero-order valence-corrected chi connectivity index (χ0v) is 16.8. The van der Waals surface area contributed by atoms with Crippen LogP contribution in [0.5, 0.6) is 0 Å². The summed E-state index contributed by atoms with van der Waals surface area (Å²) in [5, 5.41) is 8.85. The summed E-state index contributed by atoms with van der Waals surface area (Å²) in [4.78, 5) is 15.9. The molecular weight excluding hydrogens is 426 g/mol. The summed E-state index contributed by atoms with van der Waals surface area (Å²) < 4.78 is 18.8. The molecule has 0 atom stereocenters. The van der Waals surface area contributed by atoms with E-state index in [0.717, 1.165) is 0 Å². The molecule has 0 aliphatic rings. The second-order valence-electron chi connectivity index (χ2n) is 5.55. The summed E-state index contributed by atoms with van der Waals surface area (Å²) in [5.74, 6) is -0.360. The van der Waals surface area contributed by atoms with Crippen LogP contribution in [-0.2, 0) is 4.74 Å². The highest BCUT2D eigenvalue weighted by Crippen LogP contribution is 2.05. The number of nitrogens with one attached hydrogen (secondary N) is 3. The quantitative estimate of drug-likeness (QED) is 0.255. The molecule has 1 aromatic rings. The highest BCUT2D eigenvalue weighted by molar-refractivity contribution is 14.0. The van der Waals surface area contributed by atoms with Crippen LogP contribution < -0.4 is 16.0 Å². The van der Waals surface area contributed by atoms with Gasteiger partial charge in [-0.15, -0.1) is 24.0 Å². The Hall–Kier alpha value is -1.42.